The fourth-order valence-corrected chi connectivity index (χ4v) is 5.13. The molecule has 2 heteroatoms. The molecule has 0 saturated heterocycles. The van der Waals surface area contributed by atoms with Crippen LogP contribution in [0.3, 0.4) is 0 Å². The summed E-state index contributed by atoms with van der Waals surface area (Å²) in [6, 6.07) is 0. The Kier molecular flexibility index (Phi) is 39.7. The van der Waals surface area contributed by atoms with Crippen LogP contribution in [0.1, 0.15) is 213 Å². The van der Waals surface area contributed by atoms with Gasteiger partial charge in [0, 0.05) is 6.42 Å². The lowest BCUT2D eigenvalue weighted by Crippen LogP contribution is -1.93. The zero-order valence-corrected chi connectivity index (χ0v) is 26.6. The first-order valence-electron chi connectivity index (χ1n) is 17.5. The van der Waals surface area contributed by atoms with Crippen LogP contribution in [-0.4, -0.2) is 11.1 Å². The van der Waals surface area contributed by atoms with Gasteiger partial charge in [-0.2, -0.15) is 0 Å². The van der Waals surface area contributed by atoms with Gasteiger partial charge in [0.05, 0.1) is 0 Å². The molecule has 0 rings (SSSR count). The summed E-state index contributed by atoms with van der Waals surface area (Å²) in [5.41, 5.74) is 0. The summed E-state index contributed by atoms with van der Waals surface area (Å²) in [5, 5.41) is 8.52. The van der Waals surface area contributed by atoms with Crippen molar-refractivity contribution in [2.24, 2.45) is 0 Å². The number of aliphatic carboxylic acids is 1. The SMILES string of the molecule is C=CCCCCCCCCCCCCCCCC.CCCCCCCCCCCCCCCCCC(=O)O. The molecule has 0 aromatic rings. The summed E-state index contributed by atoms with van der Waals surface area (Å²) in [5.74, 6) is -0.653. The monoisotopic (exact) mass is 537 g/mol. The molecule has 0 bridgehead atoms. The first kappa shape index (κ1) is 39.4. The van der Waals surface area contributed by atoms with Crippen LogP contribution in [-0.2, 0) is 4.79 Å². The van der Waals surface area contributed by atoms with Gasteiger partial charge in [-0.05, 0) is 19.3 Å². The van der Waals surface area contributed by atoms with Crippen molar-refractivity contribution in [1.29, 1.82) is 0 Å². The summed E-state index contributed by atoms with van der Waals surface area (Å²) < 4.78 is 0. The van der Waals surface area contributed by atoms with E-state index in [0.717, 1.165) is 12.8 Å². The van der Waals surface area contributed by atoms with Crippen molar-refractivity contribution < 1.29 is 9.90 Å². The van der Waals surface area contributed by atoms with E-state index >= 15 is 0 Å². The zero-order valence-electron chi connectivity index (χ0n) is 26.6. The van der Waals surface area contributed by atoms with E-state index in [1.807, 2.05) is 6.08 Å². The highest BCUT2D eigenvalue weighted by Gasteiger charge is 1.97. The van der Waals surface area contributed by atoms with Crippen LogP contribution in [0.15, 0.2) is 12.7 Å². The molecule has 0 heterocycles. The van der Waals surface area contributed by atoms with Crippen molar-refractivity contribution in [3.63, 3.8) is 0 Å². The summed E-state index contributed by atoms with van der Waals surface area (Å²) in [6.07, 6.45) is 43.7. The zero-order chi connectivity index (χ0) is 28.2. The fraction of sp³-hybridized carbons (Fsp3) is 0.917. The van der Waals surface area contributed by atoms with Crippen molar-refractivity contribution in [3.8, 4) is 0 Å². The predicted molar refractivity (Wildman–Crippen MR) is 172 cm³/mol. The molecule has 0 fully saturated rings. The van der Waals surface area contributed by atoms with Crippen LogP contribution in [0, 0.1) is 0 Å². The van der Waals surface area contributed by atoms with E-state index in [4.69, 9.17) is 5.11 Å². The maximum Gasteiger partial charge on any atom is 0.303 e. The molecule has 0 amide bonds. The Hall–Kier alpha value is -0.790. The van der Waals surface area contributed by atoms with Gasteiger partial charge in [0.2, 0.25) is 0 Å². The Labute approximate surface area is 241 Å². The summed E-state index contributed by atoms with van der Waals surface area (Å²) in [7, 11) is 0. The van der Waals surface area contributed by atoms with Gasteiger partial charge in [-0.3, -0.25) is 4.79 Å². The molecule has 2 nitrogen and oxygen atoms in total. The molecular formula is C36H72O2. The largest absolute Gasteiger partial charge is 0.481 e. The molecule has 0 aromatic heterocycles. The number of rotatable bonds is 31. The van der Waals surface area contributed by atoms with Crippen LogP contribution in [0.5, 0.6) is 0 Å². The normalized spacial score (nSPS) is 10.8. The quantitative estimate of drug-likeness (QED) is 0.0706. The minimum atomic E-state index is -0.653. The van der Waals surface area contributed by atoms with Crippen LogP contribution in [0.4, 0.5) is 0 Å². The van der Waals surface area contributed by atoms with Crippen molar-refractivity contribution in [3.05, 3.63) is 12.7 Å². The second kappa shape index (κ2) is 38.4. The Bertz CT molecular complexity index is 431. The second-order valence-electron chi connectivity index (χ2n) is 11.8. The molecule has 0 aromatic carbocycles. The van der Waals surface area contributed by atoms with Gasteiger partial charge in [0.15, 0.2) is 0 Å². The molecule has 0 unspecified atom stereocenters. The predicted octanol–water partition coefficient (Wildman–Crippen LogP) is 13.4. The topological polar surface area (TPSA) is 37.3 Å². The van der Waals surface area contributed by atoms with Crippen molar-refractivity contribution in [1.82, 2.24) is 0 Å². The van der Waals surface area contributed by atoms with E-state index in [0.29, 0.717) is 6.42 Å². The first-order chi connectivity index (χ1) is 18.7. The Morgan fingerprint density at radius 2 is 0.684 bits per heavy atom. The standard InChI is InChI=1S/C18H36O2.C18H36/c1-2-3-4-5-6-7-8-9-10-11-12-13-14-15-16-17-18(19)20;1-3-5-7-9-11-13-15-17-18-16-14-12-10-8-6-4-2/h2-17H2,1H3,(H,19,20);3H,1,4-18H2,2H3. The highest BCUT2D eigenvalue weighted by Crippen LogP contribution is 2.14. The molecule has 0 atom stereocenters. The number of carbonyl (C=O) groups is 1. The minimum absolute atomic E-state index is 0.345. The van der Waals surface area contributed by atoms with Crippen molar-refractivity contribution in [2.45, 2.75) is 213 Å². The van der Waals surface area contributed by atoms with E-state index in [9.17, 15) is 4.79 Å². The highest BCUT2D eigenvalue weighted by atomic mass is 16.4. The maximum absolute atomic E-state index is 10.3. The third kappa shape index (κ3) is 42.3. The van der Waals surface area contributed by atoms with Gasteiger partial charge >= 0.3 is 5.97 Å². The van der Waals surface area contributed by atoms with E-state index in [-0.39, 0.29) is 0 Å². The lowest BCUT2D eigenvalue weighted by Gasteiger charge is -2.03. The third-order valence-electron chi connectivity index (χ3n) is 7.76. The third-order valence-corrected chi connectivity index (χ3v) is 7.76. The average Bonchev–Trinajstić information content (AvgIpc) is 2.91. The lowest BCUT2D eigenvalue weighted by atomic mass is 10.0. The van der Waals surface area contributed by atoms with Crippen molar-refractivity contribution in [2.75, 3.05) is 0 Å². The Morgan fingerprint density at radius 3 is 0.921 bits per heavy atom. The fourth-order valence-electron chi connectivity index (χ4n) is 5.13. The van der Waals surface area contributed by atoms with Gasteiger partial charge in [0.1, 0.15) is 0 Å². The number of hydrogen-bond acceptors (Lipinski definition) is 1. The molecule has 1 N–H and O–H groups in total. The van der Waals surface area contributed by atoms with Gasteiger partial charge in [-0.25, -0.2) is 0 Å². The number of allylic oxidation sites excluding steroid dienone is 1. The molecule has 0 aliphatic rings. The summed E-state index contributed by atoms with van der Waals surface area (Å²) in [6.45, 7) is 8.32. The Balaban J connectivity index is 0. The van der Waals surface area contributed by atoms with Gasteiger partial charge in [-0.1, -0.05) is 193 Å². The van der Waals surface area contributed by atoms with E-state index < -0.39 is 5.97 Å². The van der Waals surface area contributed by atoms with Gasteiger partial charge in [-0.15, -0.1) is 6.58 Å². The minimum Gasteiger partial charge on any atom is -0.481 e. The van der Waals surface area contributed by atoms with Crippen LogP contribution >= 0.6 is 0 Å². The second-order valence-corrected chi connectivity index (χ2v) is 11.8. The number of carboxylic acids is 1. The van der Waals surface area contributed by atoms with Crippen molar-refractivity contribution >= 4 is 5.97 Å². The first-order valence-corrected chi connectivity index (χ1v) is 17.5. The van der Waals surface area contributed by atoms with E-state index in [1.54, 1.807) is 0 Å². The summed E-state index contributed by atoms with van der Waals surface area (Å²) in [4.78, 5) is 10.3. The molecule has 0 aliphatic carbocycles. The molecule has 0 spiro atoms. The highest BCUT2D eigenvalue weighted by molar-refractivity contribution is 5.66. The molecule has 0 radical (unpaired) electrons. The van der Waals surface area contributed by atoms with E-state index in [2.05, 4.69) is 20.4 Å². The van der Waals surface area contributed by atoms with Crippen LogP contribution < -0.4 is 0 Å². The van der Waals surface area contributed by atoms with Crippen LogP contribution in [0.2, 0.25) is 0 Å². The average molecular weight is 537 g/mol. The number of hydrogen-bond donors (Lipinski definition) is 1. The molecule has 38 heavy (non-hydrogen) atoms. The summed E-state index contributed by atoms with van der Waals surface area (Å²) >= 11 is 0. The number of carboxylic acid groups (broad SMARTS) is 1. The smallest absolute Gasteiger partial charge is 0.303 e. The Morgan fingerprint density at radius 1 is 0.447 bits per heavy atom. The van der Waals surface area contributed by atoms with Gasteiger partial charge in [0.25, 0.3) is 0 Å². The van der Waals surface area contributed by atoms with Gasteiger partial charge < -0.3 is 5.11 Å². The number of unbranched alkanes of at least 4 members (excludes halogenated alkanes) is 28. The molecular weight excluding hydrogens is 464 g/mol. The molecule has 228 valence electrons. The maximum atomic E-state index is 10.3. The van der Waals surface area contributed by atoms with E-state index in [1.165, 1.54) is 180 Å². The molecule has 0 saturated carbocycles. The van der Waals surface area contributed by atoms with Crippen LogP contribution in [0.25, 0.3) is 0 Å². The lowest BCUT2D eigenvalue weighted by molar-refractivity contribution is -0.137. The molecule has 0 aliphatic heterocycles.